The molecule has 14 heavy (non-hydrogen) atoms. The van der Waals surface area contributed by atoms with E-state index in [1.807, 2.05) is 0 Å². The summed E-state index contributed by atoms with van der Waals surface area (Å²) in [6.45, 7) is 10.4. The highest BCUT2D eigenvalue weighted by Gasteiger charge is 2.19. The van der Waals surface area contributed by atoms with Crippen LogP contribution in [0.5, 0.6) is 0 Å². The summed E-state index contributed by atoms with van der Waals surface area (Å²) in [6, 6.07) is 0. The van der Waals surface area contributed by atoms with Crippen LogP contribution in [0.3, 0.4) is 0 Å². The molecule has 0 bridgehead atoms. The van der Waals surface area contributed by atoms with Gasteiger partial charge in [-0.05, 0) is 7.05 Å². The second-order valence-corrected chi connectivity index (χ2v) is 4.35. The molecule has 0 aromatic rings. The van der Waals surface area contributed by atoms with Crippen LogP contribution in [0, 0.1) is 0 Å². The largest absolute Gasteiger partial charge is 0.432 e. The van der Waals surface area contributed by atoms with E-state index in [4.69, 9.17) is 0 Å². The number of hydrogen-bond donors (Lipinski definition) is 0. The van der Waals surface area contributed by atoms with Crippen LogP contribution < -0.4 is 0 Å². The number of piperazine rings is 1. The van der Waals surface area contributed by atoms with Gasteiger partial charge in [0, 0.05) is 26.2 Å². The van der Waals surface area contributed by atoms with E-state index in [1.54, 1.807) is 0 Å². The number of morpholine rings is 1. The minimum Gasteiger partial charge on any atom is -0.432 e. The lowest BCUT2D eigenvalue weighted by Crippen LogP contribution is -2.51. The van der Waals surface area contributed by atoms with Crippen LogP contribution in [0.4, 0.5) is 0 Å². The van der Waals surface area contributed by atoms with Gasteiger partial charge in [0.25, 0.3) is 0 Å². The SMILES string of the molecule is CN1CCN(CN2CC[OH+]CC2)CC1. The van der Waals surface area contributed by atoms with Crippen molar-refractivity contribution < 1.29 is 4.74 Å². The van der Waals surface area contributed by atoms with E-state index < -0.39 is 0 Å². The predicted octanol–water partition coefficient (Wildman–Crippen LogP) is -0.965. The summed E-state index contributed by atoms with van der Waals surface area (Å²) in [5.74, 6) is 0. The molecule has 0 aromatic carbocycles. The van der Waals surface area contributed by atoms with Crippen LogP contribution in [0.2, 0.25) is 0 Å². The molecular formula is C10H22N3O+. The van der Waals surface area contributed by atoms with Gasteiger partial charge < -0.3 is 9.64 Å². The molecule has 0 aromatic heterocycles. The average Bonchev–Trinajstić information content (AvgIpc) is 2.23. The first-order chi connectivity index (χ1) is 6.84. The molecule has 0 spiro atoms. The number of rotatable bonds is 2. The highest BCUT2D eigenvalue weighted by Crippen LogP contribution is 2.02. The Hall–Kier alpha value is -0.160. The van der Waals surface area contributed by atoms with Crippen LogP contribution in [0.15, 0.2) is 0 Å². The summed E-state index contributed by atoms with van der Waals surface area (Å²) >= 11 is 0. The molecule has 2 aliphatic heterocycles. The fourth-order valence-corrected chi connectivity index (χ4v) is 2.06. The molecule has 0 saturated carbocycles. The van der Waals surface area contributed by atoms with Gasteiger partial charge in [-0.2, -0.15) is 0 Å². The summed E-state index contributed by atoms with van der Waals surface area (Å²) in [6.07, 6.45) is 0. The molecule has 0 unspecified atom stereocenters. The van der Waals surface area contributed by atoms with Crippen molar-refractivity contribution >= 4 is 0 Å². The minimum atomic E-state index is 1.04. The van der Waals surface area contributed by atoms with Crippen molar-refractivity contribution in [2.24, 2.45) is 0 Å². The van der Waals surface area contributed by atoms with Crippen molar-refractivity contribution in [3.8, 4) is 0 Å². The Morgan fingerprint density at radius 2 is 1.43 bits per heavy atom. The van der Waals surface area contributed by atoms with E-state index in [1.165, 1.54) is 26.2 Å². The zero-order valence-electron chi connectivity index (χ0n) is 9.15. The van der Waals surface area contributed by atoms with Gasteiger partial charge in [0.05, 0.1) is 19.8 Å². The number of nitrogens with zero attached hydrogens (tertiary/aromatic N) is 3. The van der Waals surface area contributed by atoms with Crippen LogP contribution in [0.1, 0.15) is 0 Å². The van der Waals surface area contributed by atoms with Gasteiger partial charge in [-0.3, -0.25) is 9.80 Å². The fourth-order valence-electron chi connectivity index (χ4n) is 2.06. The molecule has 2 aliphatic rings. The van der Waals surface area contributed by atoms with Gasteiger partial charge in [-0.1, -0.05) is 0 Å². The fraction of sp³-hybridized carbons (Fsp3) is 1.00. The van der Waals surface area contributed by atoms with E-state index >= 15 is 0 Å². The Morgan fingerprint density at radius 3 is 2.07 bits per heavy atom. The molecular weight excluding hydrogens is 178 g/mol. The Balaban J connectivity index is 1.68. The minimum absolute atomic E-state index is 1.04. The molecule has 0 amide bonds. The molecule has 2 saturated heterocycles. The monoisotopic (exact) mass is 200 g/mol. The lowest BCUT2D eigenvalue weighted by Gasteiger charge is -2.36. The van der Waals surface area contributed by atoms with Gasteiger partial charge in [-0.25, -0.2) is 0 Å². The number of likely N-dealkylation sites (N-methyl/N-ethyl adjacent to an activating group) is 1. The standard InChI is InChI=1S/C10H21N3O/c1-11-2-4-12(5-3-11)10-13-6-8-14-9-7-13/h2-10H2,1H3/p+1. The molecule has 2 heterocycles. The van der Waals surface area contributed by atoms with Crippen molar-refractivity contribution in [3.05, 3.63) is 0 Å². The Morgan fingerprint density at radius 1 is 0.857 bits per heavy atom. The maximum Gasteiger partial charge on any atom is 0.157 e. The predicted molar refractivity (Wildman–Crippen MR) is 57.5 cm³/mol. The number of hydrogen-bond acceptors (Lipinski definition) is 3. The van der Waals surface area contributed by atoms with Crippen molar-refractivity contribution in [2.75, 3.05) is 66.2 Å². The second-order valence-electron chi connectivity index (χ2n) is 4.35. The van der Waals surface area contributed by atoms with Crippen molar-refractivity contribution in [1.82, 2.24) is 14.7 Å². The number of ether oxygens (including phenoxy) is 1. The Labute approximate surface area is 86.4 Å². The second kappa shape index (κ2) is 5.07. The number of aliphatic hydroxyl groups is 2. The summed E-state index contributed by atoms with van der Waals surface area (Å²) in [4.78, 5) is 7.49. The molecule has 82 valence electrons. The van der Waals surface area contributed by atoms with Crippen molar-refractivity contribution in [3.63, 3.8) is 0 Å². The summed E-state index contributed by atoms with van der Waals surface area (Å²) in [5, 5.41) is 0. The average molecular weight is 200 g/mol. The normalized spacial score (nSPS) is 28.1. The van der Waals surface area contributed by atoms with E-state index in [0.717, 1.165) is 33.0 Å². The summed E-state index contributed by atoms with van der Waals surface area (Å²) in [5.41, 5.74) is 0. The molecule has 4 heteroatoms. The van der Waals surface area contributed by atoms with Crippen LogP contribution in [-0.4, -0.2) is 85.6 Å². The first-order valence-electron chi connectivity index (χ1n) is 5.61. The molecule has 2 rings (SSSR count). The molecule has 0 radical (unpaired) electrons. The van der Waals surface area contributed by atoms with Crippen LogP contribution in [0.25, 0.3) is 0 Å². The maximum atomic E-state index is 4.36. The summed E-state index contributed by atoms with van der Waals surface area (Å²) in [7, 11) is 2.21. The van der Waals surface area contributed by atoms with E-state index in [0.29, 0.717) is 0 Å². The topological polar surface area (TPSA) is 22.5 Å². The molecule has 1 N–H and O–H groups in total. The lowest BCUT2D eigenvalue weighted by molar-refractivity contribution is -0.101. The third-order valence-electron chi connectivity index (χ3n) is 3.14. The third-order valence-corrected chi connectivity index (χ3v) is 3.14. The lowest BCUT2D eigenvalue weighted by atomic mass is 10.3. The zero-order valence-corrected chi connectivity index (χ0v) is 9.15. The third kappa shape index (κ3) is 2.92. The van der Waals surface area contributed by atoms with Crippen LogP contribution in [-0.2, 0) is 0 Å². The molecule has 0 atom stereocenters. The molecule has 2 fully saturated rings. The van der Waals surface area contributed by atoms with E-state index in [2.05, 4.69) is 26.5 Å². The highest BCUT2D eigenvalue weighted by molar-refractivity contribution is 4.70. The Kier molecular flexibility index (Phi) is 3.75. The van der Waals surface area contributed by atoms with Gasteiger partial charge in [-0.15, -0.1) is 0 Å². The first-order valence-corrected chi connectivity index (χ1v) is 5.61. The maximum absolute atomic E-state index is 4.36. The van der Waals surface area contributed by atoms with Crippen LogP contribution >= 0.6 is 0 Å². The molecule has 4 nitrogen and oxygen atoms in total. The quantitative estimate of drug-likeness (QED) is 0.536. The first kappa shape index (κ1) is 10.4. The van der Waals surface area contributed by atoms with Gasteiger partial charge >= 0.3 is 0 Å². The smallest absolute Gasteiger partial charge is 0.157 e. The zero-order chi connectivity index (χ0) is 9.80. The highest BCUT2D eigenvalue weighted by atomic mass is 16.5. The van der Waals surface area contributed by atoms with Crippen molar-refractivity contribution in [1.29, 1.82) is 0 Å². The van der Waals surface area contributed by atoms with E-state index in [9.17, 15) is 0 Å². The van der Waals surface area contributed by atoms with Gasteiger partial charge in [0.2, 0.25) is 0 Å². The molecule has 0 aliphatic carbocycles. The van der Waals surface area contributed by atoms with E-state index in [-0.39, 0.29) is 0 Å². The Bertz CT molecular complexity index is 163. The van der Waals surface area contributed by atoms with Crippen molar-refractivity contribution in [2.45, 2.75) is 0 Å². The van der Waals surface area contributed by atoms with Gasteiger partial charge in [0.1, 0.15) is 0 Å². The summed E-state index contributed by atoms with van der Waals surface area (Å²) < 4.78 is 4.36. The van der Waals surface area contributed by atoms with Gasteiger partial charge in [0.15, 0.2) is 13.2 Å².